The van der Waals surface area contributed by atoms with Crippen molar-refractivity contribution in [2.45, 2.75) is 19.8 Å². The topological polar surface area (TPSA) is 54.5 Å². The molecule has 0 aromatic carbocycles. The Bertz CT molecular complexity index is 464. The number of hydrogen-bond donors (Lipinski definition) is 1. The average molecular weight is 314 g/mol. The number of carbonyl (C=O) groups excluding carboxylic acids is 1. The van der Waals surface area contributed by atoms with Crippen LogP contribution in [0.4, 0.5) is 0 Å². The highest BCUT2D eigenvalue weighted by Gasteiger charge is 2.10. The van der Waals surface area contributed by atoms with E-state index < -0.39 is 0 Å². The van der Waals surface area contributed by atoms with Gasteiger partial charge in [0.1, 0.15) is 5.15 Å². The van der Waals surface area contributed by atoms with Gasteiger partial charge in [-0.25, -0.2) is 4.98 Å². The highest BCUT2D eigenvalue weighted by Crippen LogP contribution is 2.17. The molecule has 21 heavy (non-hydrogen) atoms. The minimum Gasteiger partial charge on any atom is -0.378 e. The van der Waals surface area contributed by atoms with Crippen LogP contribution in [0.5, 0.6) is 0 Å². The van der Waals surface area contributed by atoms with Gasteiger partial charge in [-0.1, -0.05) is 25.4 Å². The first-order chi connectivity index (χ1) is 9.90. The van der Waals surface area contributed by atoms with E-state index in [-0.39, 0.29) is 11.8 Å². The van der Waals surface area contributed by atoms with Crippen molar-refractivity contribution in [3.8, 4) is 0 Å². The summed E-state index contributed by atoms with van der Waals surface area (Å²) in [4.78, 5) is 18.3. The van der Waals surface area contributed by atoms with Gasteiger partial charge in [-0.3, -0.25) is 4.79 Å². The maximum Gasteiger partial charge on any atom is 0.251 e. The minimum atomic E-state index is -0.155. The number of pyridine rings is 1. The molecule has 118 valence electrons. The monoisotopic (exact) mass is 313 g/mol. The number of hydrogen-bond acceptors (Lipinski definition) is 4. The van der Waals surface area contributed by atoms with Gasteiger partial charge in [0, 0.05) is 24.3 Å². The highest BCUT2D eigenvalue weighted by atomic mass is 35.5. The molecule has 0 aliphatic heterocycles. The first-order valence-corrected chi connectivity index (χ1v) is 7.46. The third kappa shape index (κ3) is 6.89. The molecule has 0 fully saturated rings. The zero-order valence-electron chi connectivity index (χ0n) is 13.1. The molecule has 1 amide bonds. The molecular weight excluding hydrogens is 290 g/mol. The lowest BCUT2D eigenvalue weighted by Gasteiger charge is -2.11. The summed E-state index contributed by atoms with van der Waals surface area (Å²) < 4.78 is 5.42. The van der Waals surface area contributed by atoms with Gasteiger partial charge in [-0.05, 0) is 32.1 Å². The number of carbonyl (C=O) groups is 1. The largest absolute Gasteiger partial charge is 0.378 e. The maximum absolute atomic E-state index is 12.1. The SMILES string of the molecule is CC(C)c1cc(C(=O)NCCOCCN(C)C)cc(Cl)n1. The smallest absolute Gasteiger partial charge is 0.251 e. The van der Waals surface area contributed by atoms with Gasteiger partial charge in [0.2, 0.25) is 0 Å². The Morgan fingerprint density at radius 2 is 2.10 bits per heavy atom. The third-order valence-corrected chi connectivity index (χ3v) is 3.08. The van der Waals surface area contributed by atoms with Crippen molar-refractivity contribution in [3.63, 3.8) is 0 Å². The fourth-order valence-corrected chi connectivity index (χ4v) is 1.85. The molecule has 0 aliphatic carbocycles. The molecule has 0 unspecified atom stereocenters. The highest BCUT2D eigenvalue weighted by molar-refractivity contribution is 6.29. The fourth-order valence-electron chi connectivity index (χ4n) is 1.63. The summed E-state index contributed by atoms with van der Waals surface area (Å²) in [5.74, 6) is 0.0713. The van der Waals surface area contributed by atoms with Crippen LogP contribution in [-0.4, -0.2) is 56.2 Å². The van der Waals surface area contributed by atoms with Crippen molar-refractivity contribution in [1.29, 1.82) is 0 Å². The zero-order chi connectivity index (χ0) is 15.8. The van der Waals surface area contributed by atoms with Crippen LogP contribution in [-0.2, 0) is 4.74 Å². The molecule has 1 heterocycles. The Morgan fingerprint density at radius 3 is 2.71 bits per heavy atom. The number of halogens is 1. The molecule has 0 atom stereocenters. The van der Waals surface area contributed by atoms with Gasteiger partial charge < -0.3 is 15.0 Å². The molecule has 0 saturated heterocycles. The van der Waals surface area contributed by atoms with Crippen LogP contribution in [0.15, 0.2) is 12.1 Å². The second kappa shape index (κ2) is 8.97. The van der Waals surface area contributed by atoms with Gasteiger partial charge in [0.15, 0.2) is 0 Å². The number of nitrogens with one attached hydrogen (secondary N) is 1. The third-order valence-electron chi connectivity index (χ3n) is 2.88. The van der Waals surface area contributed by atoms with Crippen molar-refractivity contribution in [3.05, 3.63) is 28.5 Å². The van der Waals surface area contributed by atoms with Crippen LogP contribution in [0.2, 0.25) is 5.15 Å². The molecule has 5 nitrogen and oxygen atoms in total. The minimum absolute atomic E-state index is 0.155. The first kappa shape index (κ1) is 17.9. The van der Waals surface area contributed by atoms with E-state index in [4.69, 9.17) is 16.3 Å². The van der Waals surface area contributed by atoms with Crippen molar-refractivity contribution < 1.29 is 9.53 Å². The van der Waals surface area contributed by atoms with E-state index in [0.717, 1.165) is 12.2 Å². The molecule has 0 aliphatic rings. The van der Waals surface area contributed by atoms with E-state index in [1.165, 1.54) is 0 Å². The molecule has 1 aromatic heterocycles. The van der Waals surface area contributed by atoms with Gasteiger partial charge >= 0.3 is 0 Å². The quantitative estimate of drug-likeness (QED) is 0.590. The Kier molecular flexibility index (Phi) is 7.64. The number of amides is 1. The fraction of sp³-hybridized carbons (Fsp3) is 0.600. The molecule has 0 spiro atoms. The number of nitrogens with zero attached hydrogens (tertiary/aromatic N) is 2. The van der Waals surface area contributed by atoms with E-state index in [2.05, 4.69) is 10.3 Å². The molecule has 1 N–H and O–H groups in total. The van der Waals surface area contributed by atoms with Gasteiger partial charge in [0.25, 0.3) is 5.91 Å². The summed E-state index contributed by atoms with van der Waals surface area (Å²) in [5, 5.41) is 3.16. The molecule has 0 saturated carbocycles. The van der Waals surface area contributed by atoms with E-state index in [1.807, 2.05) is 32.8 Å². The first-order valence-electron chi connectivity index (χ1n) is 7.08. The van der Waals surface area contributed by atoms with Crippen molar-refractivity contribution in [1.82, 2.24) is 15.2 Å². The Balaban J connectivity index is 2.42. The second-order valence-corrected chi connectivity index (χ2v) is 5.82. The van der Waals surface area contributed by atoms with E-state index in [9.17, 15) is 4.79 Å². The van der Waals surface area contributed by atoms with Crippen LogP contribution in [0, 0.1) is 0 Å². The number of likely N-dealkylation sites (N-methyl/N-ethyl adjacent to an activating group) is 1. The predicted molar refractivity (Wildman–Crippen MR) is 85.0 cm³/mol. The molecule has 6 heteroatoms. The molecule has 1 aromatic rings. The van der Waals surface area contributed by atoms with Crippen LogP contribution < -0.4 is 5.32 Å². The van der Waals surface area contributed by atoms with E-state index in [0.29, 0.717) is 30.5 Å². The summed E-state index contributed by atoms with van der Waals surface area (Å²) in [6, 6.07) is 3.36. The average Bonchev–Trinajstić information content (AvgIpc) is 2.41. The Hall–Kier alpha value is -1.17. The number of aromatic nitrogens is 1. The molecule has 1 rings (SSSR count). The van der Waals surface area contributed by atoms with Gasteiger partial charge in [-0.2, -0.15) is 0 Å². The van der Waals surface area contributed by atoms with E-state index >= 15 is 0 Å². The summed E-state index contributed by atoms with van der Waals surface area (Å²) in [6.07, 6.45) is 0. The summed E-state index contributed by atoms with van der Waals surface area (Å²) in [5.41, 5.74) is 1.35. The lowest BCUT2D eigenvalue weighted by atomic mass is 10.1. The second-order valence-electron chi connectivity index (χ2n) is 5.43. The number of ether oxygens (including phenoxy) is 1. The van der Waals surface area contributed by atoms with Crippen LogP contribution in [0.25, 0.3) is 0 Å². The number of rotatable bonds is 8. The van der Waals surface area contributed by atoms with E-state index in [1.54, 1.807) is 12.1 Å². The lowest BCUT2D eigenvalue weighted by molar-refractivity contribution is 0.0900. The van der Waals surface area contributed by atoms with Crippen LogP contribution >= 0.6 is 11.6 Å². The molecule has 0 bridgehead atoms. The van der Waals surface area contributed by atoms with Crippen molar-refractivity contribution in [2.24, 2.45) is 0 Å². The van der Waals surface area contributed by atoms with Crippen LogP contribution in [0.3, 0.4) is 0 Å². The molecular formula is C15H24ClN3O2. The summed E-state index contributed by atoms with van der Waals surface area (Å²) >= 11 is 5.95. The van der Waals surface area contributed by atoms with Crippen molar-refractivity contribution in [2.75, 3.05) is 40.4 Å². The maximum atomic E-state index is 12.1. The van der Waals surface area contributed by atoms with Crippen molar-refractivity contribution >= 4 is 17.5 Å². The standard InChI is InChI=1S/C15H24ClN3O2/c1-11(2)13-9-12(10-14(16)18-13)15(20)17-5-7-21-8-6-19(3)4/h9-11H,5-8H2,1-4H3,(H,17,20). The lowest BCUT2D eigenvalue weighted by Crippen LogP contribution is -2.28. The zero-order valence-corrected chi connectivity index (χ0v) is 13.9. The Morgan fingerprint density at radius 1 is 1.38 bits per heavy atom. The summed E-state index contributed by atoms with van der Waals surface area (Å²) in [6.45, 7) is 6.52. The Labute approximate surface area is 131 Å². The predicted octanol–water partition coefficient (Wildman–Crippen LogP) is 2.17. The van der Waals surface area contributed by atoms with Crippen LogP contribution in [0.1, 0.15) is 35.8 Å². The van der Waals surface area contributed by atoms with Gasteiger partial charge in [0.05, 0.1) is 13.2 Å². The normalized spacial score (nSPS) is 11.2. The summed E-state index contributed by atoms with van der Waals surface area (Å²) in [7, 11) is 3.98. The molecule has 0 radical (unpaired) electrons. The van der Waals surface area contributed by atoms with Gasteiger partial charge in [-0.15, -0.1) is 0 Å².